The molecule has 33 heavy (non-hydrogen) atoms. The molecule has 3 rings (SSSR count). The molecule has 0 aliphatic heterocycles. The number of carbonyl (C=O) groups is 3. The molecule has 0 radical (unpaired) electrons. The van der Waals surface area contributed by atoms with Crippen LogP contribution in [-0.4, -0.2) is 24.1 Å². The lowest BCUT2D eigenvalue weighted by molar-refractivity contribution is -0.118. The second-order valence-corrected chi connectivity index (χ2v) is 8.12. The minimum absolute atomic E-state index is 0.0188. The SMILES string of the molecule is CCN(C(=O)Cc1ccc(NC(=O)CCC(=O)c2ccc(C)c(C)c2)cc1)c1ccccc1. The summed E-state index contributed by atoms with van der Waals surface area (Å²) in [5.41, 5.74) is 5.23. The number of benzene rings is 3. The second-order valence-electron chi connectivity index (χ2n) is 8.12. The Hall–Kier alpha value is -3.73. The van der Waals surface area contributed by atoms with Crippen molar-refractivity contribution in [3.05, 3.63) is 95.1 Å². The fraction of sp³-hybridized carbons (Fsp3) is 0.250. The van der Waals surface area contributed by atoms with E-state index in [2.05, 4.69) is 5.32 Å². The highest BCUT2D eigenvalue weighted by atomic mass is 16.2. The summed E-state index contributed by atoms with van der Waals surface area (Å²) in [5, 5.41) is 2.82. The molecule has 3 aromatic carbocycles. The van der Waals surface area contributed by atoms with E-state index in [0.29, 0.717) is 17.8 Å². The number of likely N-dealkylation sites (N-methyl/N-ethyl adjacent to an activating group) is 1. The largest absolute Gasteiger partial charge is 0.326 e. The number of aryl methyl sites for hydroxylation is 2. The Morgan fingerprint density at radius 2 is 1.52 bits per heavy atom. The topological polar surface area (TPSA) is 66.5 Å². The molecule has 0 aromatic heterocycles. The van der Waals surface area contributed by atoms with Gasteiger partial charge in [0.25, 0.3) is 0 Å². The van der Waals surface area contributed by atoms with Gasteiger partial charge in [-0.15, -0.1) is 0 Å². The van der Waals surface area contributed by atoms with Crippen molar-refractivity contribution in [3.8, 4) is 0 Å². The molecular formula is C28H30N2O3. The second kappa shape index (κ2) is 11.2. The molecule has 0 unspecified atom stereocenters. The van der Waals surface area contributed by atoms with Crippen molar-refractivity contribution >= 4 is 29.0 Å². The number of amides is 2. The summed E-state index contributed by atoms with van der Waals surface area (Å²) in [5.74, 6) is -0.233. The third-order valence-electron chi connectivity index (χ3n) is 5.69. The smallest absolute Gasteiger partial charge is 0.231 e. The third-order valence-corrected chi connectivity index (χ3v) is 5.69. The molecule has 5 nitrogen and oxygen atoms in total. The molecule has 0 saturated carbocycles. The zero-order valence-electron chi connectivity index (χ0n) is 19.4. The zero-order chi connectivity index (χ0) is 23.8. The first-order valence-electron chi connectivity index (χ1n) is 11.2. The average Bonchev–Trinajstić information content (AvgIpc) is 2.82. The Morgan fingerprint density at radius 3 is 2.15 bits per heavy atom. The van der Waals surface area contributed by atoms with Gasteiger partial charge in [-0.3, -0.25) is 14.4 Å². The van der Waals surface area contributed by atoms with Crippen LogP contribution in [0.4, 0.5) is 11.4 Å². The Labute approximate surface area is 195 Å². The van der Waals surface area contributed by atoms with Crippen LogP contribution in [0.2, 0.25) is 0 Å². The average molecular weight is 443 g/mol. The number of nitrogens with zero attached hydrogens (tertiary/aromatic N) is 1. The maximum atomic E-state index is 12.7. The van der Waals surface area contributed by atoms with Crippen molar-refractivity contribution in [2.45, 2.75) is 40.0 Å². The van der Waals surface area contributed by atoms with Crippen LogP contribution in [-0.2, 0) is 16.0 Å². The van der Waals surface area contributed by atoms with E-state index in [4.69, 9.17) is 0 Å². The van der Waals surface area contributed by atoms with Gasteiger partial charge in [0.15, 0.2) is 5.78 Å². The van der Waals surface area contributed by atoms with Crippen molar-refractivity contribution < 1.29 is 14.4 Å². The molecule has 5 heteroatoms. The Morgan fingerprint density at radius 1 is 0.818 bits per heavy atom. The molecule has 0 saturated heterocycles. The number of Topliss-reactive ketones (excluding diaryl/α,β-unsaturated/α-hetero) is 1. The number of hydrogen-bond acceptors (Lipinski definition) is 3. The van der Waals surface area contributed by atoms with E-state index in [1.807, 2.05) is 75.4 Å². The van der Waals surface area contributed by atoms with E-state index in [1.165, 1.54) is 0 Å². The lowest BCUT2D eigenvalue weighted by Crippen LogP contribution is -2.31. The minimum Gasteiger partial charge on any atom is -0.326 e. The molecule has 170 valence electrons. The monoisotopic (exact) mass is 442 g/mol. The predicted molar refractivity (Wildman–Crippen MR) is 133 cm³/mol. The van der Waals surface area contributed by atoms with Crippen LogP contribution in [0.15, 0.2) is 72.8 Å². The Balaban J connectivity index is 1.51. The molecule has 0 spiro atoms. The van der Waals surface area contributed by atoms with E-state index in [0.717, 1.165) is 22.4 Å². The summed E-state index contributed by atoms with van der Waals surface area (Å²) in [7, 11) is 0. The van der Waals surface area contributed by atoms with Crippen molar-refractivity contribution in [1.82, 2.24) is 0 Å². The van der Waals surface area contributed by atoms with Gasteiger partial charge in [-0.1, -0.05) is 42.5 Å². The number of carbonyl (C=O) groups excluding carboxylic acids is 3. The molecule has 0 heterocycles. The molecule has 3 aromatic rings. The van der Waals surface area contributed by atoms with Crippen LogP contribution in [0.1, 0.15) is 46.8 Å². The number of para-hydroxylation sites is 1. The van der Waals surface area contributed by atoms with Crippen LogP contribution in [0.3, 0.4) is 0 Å². The fourth-order valence-corrected chi connectivity index (χ4v) is 3.60. The predicted octanol–water partition coefficient (Wildman–Crippen LogP) is 5.50. The quantitative estimate of drug-likeness (QED) is 0.445. The molecule has 2 amide bonds. The summed E-state index contributed by atoms with van der Waals surface area (Å²) >= 11 is 0. The number of anilines is 2. The van der Waals surface area contributed by atoms with Crippen molar-refractivity contribution in [2.75, 3.05) is 16.8 Å². The van der Waals surface area contributed by atoms with Gasteiger partial charge in [0.1, 0.15) is 0 Å². The van der Waals surface area contributed by atoms with E-state index in [1.54, 1.807) is 23.1 Å². The van der Waals surface area contributed by atoms with Crippen molar-refractivity contribution in [1.29, 1.82) is 0 Å². The summed E-state index contributed by atoms with van der Waals surface area (Å²) in [4.78, 5) is 39.2. The van der Waals surface area contributed by atoms with Crippen LogP contribution in [0, 0.1) is 13.8 Å². The molecule has 0 aliphatic carbocycles. The molecule has 0 fully saturated rings. The number of nitrogens with one attached hydrogen (secondary N) is 1. The highest BCUT2D eigenvalue weighted by Crippen LogP contribution is 2.17. The van der Waals surface area contributed by atoms with Crippen LogP contribution >= 0.6 is 0 Å². The molecule has 1 N–H and O–H groups in total. The normalized spacial score (nSPS) is 10.5. The lowest BCUT2D eigenvalue weighted by atomic mass is 10.0. The maximum absolute atomic E-state index is 12.7. The van der Waals surface area contributed by atoms with E-state index < -0.39 is 0 Å². The first kappa shape index (κ1) is 23.9. The summed E-state index contributed by atoms with van der Waals surface area (Å²) in [6, 6.07) is 22.4. The lowest BCUT2D eigenvalue weighted by Gasteiger charge is -2.21. The van der Waals surface area contributed by atoms with Gasteiger partial charge in [0.2, 0.25) is 11.8 Å². The highest BCUT2D eigenvalue weighted by molar-refractivity contribution is 6.00. The van der Waals surface area contributed by atoms with Crippen LogP contribution < -0.4 is 10.2 Å². The van der Waals surface area contributed by atoms with E-state index in [-0.39, 0.29) is 36.9 Å². The van der Waals surface area contributed by atoms with Gasteiger partial charge in [-0.2, -0.15) is 0 Å². The fourth-order valence-electron chi connectivity index (χ4n) is 3.60. The van der Waals surface area contributed by atoms with E-state index in [9.17, 15) is 14.4 Å². The summed E-state index contributed by atoms with van der Waals surface area (Å²) in [6.07, 6.45) is 0.559. The number of rotatable bonds is 9. The molecule has 0 atom stereocenters. The van der Waals surface area contributed by atoms with Gasteiger partial charge < -0.3 is 10.2 Å². The number of hydrogen-bond donors (Lipinski definition) is 1. The van der Waals surface area contributed by atoms with Gasteiger partial charge in [0, 0.05) is 36.3 Å². The van der Waals surface area contributed by atoms with Gasteiger partial charge >= 0.3 is 0 Å². The number of ketones is 1. The van der Waals surface area contributed by atoms with Gasteiger partial charge in [-0.25, -0.2) is 0 Å². The Bertz CT molecular complexity index is 1120. The van der Waals surface area contributed by atoms with Crippen LogP contribution in [0.25, 0.3) is 0 Å². The molecular weight excluding hydrogens is 412 g/mol. The summed E-state index contributed by atoms with van der Waals surface area (Å²) in [6.45, 7) is 6.52. The maximum Gasteiger partial charge on any atom is 0.231 e. The van der Waals surface area contributed by atoms with Crippen molar-refractivity contribution in [3.63, 3.8) is 0 Å². The zero-order valence-corrected chi connectivity index (χ0v) is 19.4. The highest BCUT2D eigenvalue weighted by Gasteiger charge is 2.14. The van der Waals surface area contributed by atoms with Crippen LogP contribution in [0.5, 0.6) is 0 Å². The van der Waals surface area contributed by atoms with Gasteiger partial charge in [0.05, 0.1) is 6.42 Å². The Kier molecular flexibility index (Phi) is 8.14. The molecule has 0 bridgehead atoms. The van der Waals surface area contributed by atoms with Gasteiger partial charge in [-0.05, 0) is 67.8 Å². The summed E-state index contributed by atoms with van der Waals surface area (Å²) < 4.78 is 0. The first-order chi connectivity index (χ1) is 15.9. The third kappa shape index (κ3) is 6.62. The van der Waals surface area contributed by atoms with E-state index >= 15 is 0 Å². The minimum atomic E-state index is -0.211. The standard InChI is InChI=1S/C28H30N2O3/c1-4-30(25-8-6-5-7-9-25)28(33)19-22-11-14-24(15-12-22)29-27(32)17-16-26(31)23-13-10-20(2)21(3)18-23/h5-15,18H,4,16-17,19H2,1-3H3,(H,29,32). The van der Waals surface area contributed by atoms with Crippen molar-refractivity contribution in [2.24, 2.45) is 0 Å². The molecule has 0 aliphatic rings. The first-order valence-corrected chi connectivity index (χ1v) is 11.2.